The Hall–Kier alpha value is -3.19. The van der Waals surface area contributed by atoms with Crippen LogP contribution in [0.3, 0.4) is 0 Å². The number of rotatable bonds is 5. The van der Waals surface area contributed by atoms with Crippen molar-refractivity contribution in [3.05, 3.63) is 12.3 Å². The van der Waals surface area contributed by atoms with E-state index in [0.29, 0.717) is 37.4 Å². The van der Waals surface area contributed by atoms with Gasteiger partial charge in [-0.3, -0.25) is 9.59 Å². The van der Waals surface area contributed by atoms with Crippen molar-refractivity contribution in [1.29, 1.82) is 0 Å². The molecule has 4 heterocycles. The lowest BCUT2D eigenvalue weighted by Gasteiger charge is -2.39. The van der Waals surface area contributed by atoms with Gasteiger partial charge in [0.15, 0.2) is 0 Å². The summed E-state index contributed by atoms with van der Waals surface area (Å²) in [4.78, 5) is 43.4. The SMILES string of the molecule is Nc1ccnc(N2CCC(C(O)CN3CCC(N4CCOC4=O)CC3)CC2)n1.O=CO.O=CO. The fraction of sp³-hybridized carbons (Fsp3) is 0.667. The summed E-state index contributed by atoms with van der Waals surface area (Å²) in [7, 11) is 0. The van der Waals surface area contributed by atoms with Crippen LogP contribution < -0.4 is 10.6 Å². The summed E-state index contributed by atoms with van der Waals surface area (Å²) in [5, 5.41) is 24.5. The topological polar surface area (TPSA) is 183 Å². The van der Waals surface area contributed by atoms with Crippen molar-refractivity contribution in [3.8, 4) is 0 Å². The highest BCUT2D eigenvalue weighted by atomic mass is 16.6. The number of likely N-dealkylation sites (tertiary alicyclic amines) is 1. The Morgan fingerprint density at radius 1 is 1.09 bits per heavy atom. The molecule has 0 saturated carbocycles. The normalized spacial score (nSPS) is 20.3. The van der Waals surface area contributed by atoms with E-state index in [2.05, 4.69) is 19.8 Å². The number of amides is 1. The number of aromatic nitrogens is 2. The first-order valence-corrected chi connectivity index (χ1v) is 11.3. The number of cyclic esters (lactones) is 1. The second-order valence-corrected chi connectivity index (χ2v) is 8.22. The number of nitrogen functional groups attached to an aromatic ring is 1. The molecule has 0 aromatic carbocycles. The molecular formula is C21H34N6O7. The number of β-amino-alcohol motifs (C(OH)–C–C–N with tert-alkyl or cyclic N) is 1. The van der Waals surface area contributed by atoms with Crippen molar-refractivity contribution in [2.75, 3.05) is 56.5 Å². The van der Waals surface area contributed by atoms with E-state index in [1.165, 1.54) is 0 Å². The molecule has 0 spiro atoms. The molecule has 3 saturated heterocycles. The van der Waals surface area contributed by atoms with Gasteiger partial charge in [0.2, 0.25) is 5.95 Å². The van der Waals surface area contributed by atoms with Crippen molar-refractivity contribution < 1.29 is 34.4 Å². The van der Waals surface area contributed by atoms with Gasteiger partial charge in [-0.25, -0.2) is 9.78 Å². The van der Waals surface area contributed by atoms with Crippen LogP contribution in [0.15, 0.2) is 12.3 Å². The van der Waals surface area contributed by atoms with Gasteiger partial charge in [0.25, 0.3) is 12.9 Å². The van der Waals surface area contributed by atoms with Crippen molar-refractivity contribution in [3.63, 3.8) is 0 Å². The number of nitrogens with zero attached hydrogens (tertiary/aromatic N) is 5. The second-order valence-electron chi connectivity index (χ2n) is 8.22. The zero-order valence-electron chi connectivity index (χ0n) is 19.1. The smallest absolute Gasteiger partial charge is 0.410 e. The minimum absolute atomic E-state index is 0.172. The van der Waals surface area contributed by atoms with Crippen LogP contribution in [0.1, 0.15) is 25.7 Å². The summed E-state index contributed by atoms with van der Waals surface area (Å²) < 4.78 is 5.05. The number of carboxylic acid groups (broad SMARTS) is 2. The number of anilines is 2. The summed E-state index contributed by atoms with van der Waals surface area (Å²) in [5.41, 5.74) is 5.75. The number of piperidine rings is 2. The molecule has 3 aliphatic heterocycles. The fourth-order valence-corrected chi connectivity index (χ4v) is 4.56. The maximum absolute atomic E-state index is 11.7. The molecule has 1 amide bonds. The number of aliphatic hydroxyl groups excluding tert-OH is 1. The number of hydrogen-bond donors (Lipinski definition) is 4. The molecule has 3 fully saturated rings. The average Bonchev–Trinajstić information content (AvgIpc) is 3.26. The number of hydrogen-bond acceptors (Lipinski definition) is 10. The Balaban J connectivity index is 0.000000618. The van der Waals surface area contributed by atoms with E-state index in [1.807, 2.05) is 4.90 Å². The first-order chi connectivity index (χ1) is 16.4. The Labute approximate surface area is 198 Å². The minimum atomic E-state index is -0.322. The van der Waals surface area contributed by atoms with Crippen molar-refractivity contribution in [1.82, 2.24) is 19.8 Å². The molecule has 4 rings (SSSR count). The molecule has 5 N–H and O–H groups in total. The molecular weight excluding hydrogens is 448 g/mol. The van der Waals surface area contributed by atoms with E-state index in [0.717, 1.165) is 51.9 Å². The molecule has 1 atom stereocenters. The number of carbonyl (C=O) groups is 3. The lowest BCUT2D eigenvalue weighted by molar-refractivity contribution is -0.123. The number of ether oxygens (including phenoxy) is 1. The van der Waals surface area contributed by atoms with Crippen LogP contribution in [0, 0.1) is 5.92 Å². The molecule has 1 aromatic heterocycles. The van der Waals surface area contributed by atoms with Crippen molar-refractivity contribution >= 4 is 30.8 Å². The molecule has 0 radical (unpaired) electrons. The Bertz CT molecular complexity index is 764. The van der Waals surface area contributed by atoms with Crippen LogP contribution in [0.25, 0.3) is 0 Å². The van der Waals surface area contributed by atoms with Gasteiger partial charge >= 0.3 is 6.09 Å². The van der Waals surface area contributed by atoms with E-state index in [4.69, 9.17) is 30.3 Å². The van der Waals surface area contributed by atoms with Gasteiger partial charge in [0, 0.05) is 45.0 Å². The molecule has 0 bridgehead atoms. The molecule has 1 aromatic rings. The maximum atomic E-state index is 11.7. The lowest BCUT2D eigenvalue weighted by Crippen LogP contribution is -2.48. The summed E-state index contributed by atoms with van der Waals surface area (Å²) in [5.74, 6) is 1.46. The van der Waals surface area contributed by atoms with Gasteiger partial charge in [-0.2, -0.15) is 4.98 Å². The van der Waals surface area contributed by atoms with E-state index in [1.54, 1.807) is 12.3 Å². The van der Waals surface area contributed by atoms with E-state index >= 15 is 0 Å². The van der Waals surface area contributed by atoms with Crippen LogP contribution in [-0.4, -0.2) is 112 Å². The highest BCUT2D eigenvalue weighted by molar-refractivity contribution is 5.69. The largest absolute Gasteiger partial charge is 0.483 e. The van der Waals surface area contributed by atoms with E-state index in [9.17, 15) is 9.90 Å². The van der Waals surface area contributed by atoms with E-state index in [-0.39, 0.29) is 31.2 Å². The zero-order chi connectivity index (χ0) is 24.9. The molecule has 1 unspecified atom stereocenters. The monoisotopic (exact) mass is 482 g/mol. The molecule has 34 heavy (non-hydrogen) atoms. The quantitative estimate of drug-likeness (QED) is 0.411. The summed E-state index contributed by atoms with van der Waals surface area (Å²) in [6.07, 6.45) is 4.95. The maximum Gasteiger partial charge on any atom is 0.410 e. The Morgan fingerprint density at radius 2 is 1.71 bits per heavy atom. The van der Waals surface area contributed by atoms with E-state index < -0.39 is 0 Å². The zero-order valence-corrected chi connectivity index (χ0v) is 19.1. The summed E-state index contributed by atoms with van der Waals surface area (Å²) >= 11 is 0. The van der Waals surface area contributed by atoms with Crippen molar-refractivity contribution in [2.24, 2.45) is 5.92 Å². The molecule has 0 aliphatic carbocycles. The third-order valence-electron chi connectivity index (χ3n) is 6.27. The van der Waals surface area contributed by atoms with Gasteiger partial charge < -0.3 is 40.5 Å². The predicted octanol–water partition coefficient (Wildman–Crippen LogP) is -0.0457. The first kappa shape index (κ1) is 27.1. The first-order valence-electron chi connectivity index (χ1n) is 11.3. The van der Waals surface area contributed by atoms with Crippen LogP contribution in [0.2, 0.25) is 0 Å². The van der Waals surface area contributed by atoms with Gasteiger partial charge in [0.1, 0.15) is 12.4 Å². The summed E-state index contributed by atoms with van der Waals surface area (Å²) in [6, 6.07) is 1.97. The van der Waals surface area contributed by atoms with Gasteiger partial charge in [0.05, 0.1) is 12.6 Å². The molecule has 190 valence electrons. The lowest BCUT2D eigenvalue weighted by atomic mass is 9.90. The summed E-state index contributed by atoms with van der Waals surface area (Å²) in [6.45, 7) is 4.94. The highest BCUT2D eigenvalue weighted by Crippen LogP contribution is 2.25. The van der Waals surface area contributed by atoms with Crippen molar-refractivity contribution in [2.45, 2.75) is 37.8 Å². The number of carbonyl (C=O) groups excluding carboxylic acids is 1. The molecule has 13 heteroatoms. The standard InChI is InChI=1S/C19H30N6O3.2CH2O2/c20-17-1-6-21-18(22-17)24-9-2-14(3-10-24)16(26)13-23-7-4-15(5-8-23)25-11-12-28-19(25)27;2*2-1-3/h1,6,14-16,26H,2-5,7-13H2,(H2,20,21,22);2*1H,(H,2,3). The Kier molecular flexibility index (Phi) is 11.3. The molecule has 3 aliphatic rings. The second kappa shape index (κ2) is 14.2. The Morgan fingerprint density at radius 3 is 2.24 bits per heavy atom. The number of nitrogens with two attached hydrogens (primary N) is 1. The highest BCUT2D eigenvalue weighted by Gasteiger charge is 2.33. The van der Waals surface area contributed by atoms with Crippen LogP contribution >= 0.6 is 0 Å². The third kappa shape index (κ3) is 7.99. The van der Waals surface area contributed by atoms with Crippen LogP contribution in [0.4, 0.5) is 16.6 Å². The minimum Gasteiger partial charge on any atom is -0.483 e. The average molecular weight is 483 g/mol. The predicted molar refractivity (Wildman–Crippen MR) is 122 cm³/mol. The van der Waals surface area contributed by atoms with Gasteiger partial charge in [-0.15, -0.1) is 0 Å². The molecule has 13 nitrogen and oxygen atoms in total. The van der Waals surface area contributed by atoms with Gasteiger partial charge in [-0.1, -0.05) is 0 Å². The van der Waals surface area contributed by atoms with Crippen LogP contribution in [-0.2, 0) is 14.3 Å². The fourth-order valence-electron chi connectivity index (χ4n) is 4.56. The van der Waals surface area contributed by atoms with Crippen LogP contribution in [0.5, 0.6) is 0 Å². The third-order valence-corrected chi connectivity index (χ3v) is 6.27. The van der Waals surface area contributed by atoms with Gasteiger partial charge in [-0.05, 0) is 37.7 Å². The number of aliphatic hydroxyl groups is 1.